The van der Waals surface area contributed by atoms with Crippen LogP contribution in [0.2, 0.25) is 0 Å². The number of hydrogen-bond acceptors (Lipinski definition) is 7. The van der Waals surface area contributed by atoms with Crippen LogP contribution in [-0.2, 0) is 36.2 Å². The van der Waals surface area contributed by atoms with Crippen molar-refractivity contribution in [1.29, 1.82) is 5.26 Å². The molecule has 8 heteroatoms. The summed E-state index contributed by atoms with van der Waals surface area (Å²) in [5.74, 6) is -5.13. The van der Waals surface area contributed by atoms with Crippen molar-refractivity contribution in [3.05, 3.63) is 0 Å². The first-order chi connectivity index (χ1) is 6.70. The van der Waals surface area contributed by atoms with Crippen molar-refractivity contribution in [1.82, 2.24) is 0 Å². The standard InChI is InChI=1S/2C3H4O3.C2H3N.Fe/c2*1-2(4)3(5)6;1-2-3;/h2*1H3,(H,5,6);1H3;/q;;;+2/p-2. The number of aliphatic carboxylic acids is 2. The Morgan fingerprint density at radius 1 is 0.938 bits per heavy atom. The van der Waals surface area contributed by atoms with Crippen molar-refractivity contribution in [2.45, 2.75) is 20.8 Å². The summed E-state index contributed by atoms with van der Waals surface area (Å²) in [5, 5.41) is 25.8. The first-order valence-corrected chi connectivity index (χ1v) is 3.45. The molecule has 0 aliphatic heterocycles. The second kappa shape index (κ2) is 15.7. The number of Topliss-reactive ketones (excluding diaryl/α,β-unsaturated/α-hetero) is 2. The van der Waals surface area contributed by atoms with Crippen molar-refractivity contribution in [3.63, 3.8) is 0 Å². The van der Waals surface area contributed by atoms with E-state index >= 15 is 0 Å². The van der Waals surface area contributed by atoms with Gasteiger partial charge in [-0.1, -0.05) is 0 Å². The van der Waals surface area contributed by atoms with E-state index in [1.165, 1.54) is 6.92 Å². The molecule has 16 heavy (non-hydrogen) atoms. The van der Waals surface area contributed by atoms with Gasteiger partial charge in [0.1, 0.15) is 11.9 Å². The van der Waals surface area contributed by atoms with Crippen molar-refractivity contribution in [2.24, 2.45) is 0 Å². The summed E-state index contributed by atoms with van der Waals surface area (Å²) in [4.78, 5) is 37.4. The van der Waals surface area contributed by atoms with Gasteiger partial charge in [0.2, 0.25) is 0 Å². The summed E-state index contributed by atoms with van der Waals surface area (Å²) >= 11 is 0. The van der Waals surface area contributed by atoms with Gasteiger partial charge in [-0.15, -0.1) is 0 Å². The SMILES string of the molecule is CC#N.CC(=O)C(=O)[O-].CC(=O)C(=O)[O-].[Fe+2]. The fraction of sp³-hybridized carbons (Fsp3) is 0.375. The third-order valence-electron chi connectivity index (χ3n) is 0.575. The number of carbonyl (C=O) groups is 4. The van der Waals surface area contributed by atoms with E-state index in [0.717, 1.165) is 13.8 Å². The Kier molecular flexibility index (Phi) is 23.5. The molecule has 0 heterocycles. The van der Waals surface area contributed by atoms with Gasteiger partial charge < -0.3 is 19.8 Å². The molecule has 0 bridgehead atoms. The molecule has 0 N–H and O–H groups in total. The second-order valence-electron chi connectivity index (χ2n) is 1.91. The third-order valence-corrected chi connectivity index (χ3v) is 0.575. The topological polar surface area (TPSA) is 138 Å². The molecule has 0 rings (SSSR count). The summed E-state index contributed by atoms with van der Waals surface area (Å²) in [7, 11) is 0. The quantitative estimate of drug-likeness (QED) is 0.389. The van der Waals surface area contributed by atoms with Crippen LogP contribution in [-0.4, -0.2) is 23.5 Å². The molecule has 0 aromatic carbocycles. The predicted molar refractivity (Wildman–Crippen MR) is 42.7 cm³/mol. The minimum atomic E-state index is -1.63. The molecule has 0 radical (unpaired) electrons. The maximum absolute atomic E-state index is 9.48. The molecule has 0 fully saturated rings. The molecule has 7 nitrogen and oxygen atoms in total. The normalized spacial score (nSPS) is 6.12. The summed E-state index contributed by atoms with van der Waals surface area (Å²) in [6, 6.07) is 1.75. The van der Waals surface area contributed by atoms with Gasteiger partial charge in [-0.25, -0.2) is 0 Å². The van der Waals surface area contributed by atoms with Gasteiger partial charge in [0.15, 0.2) is 11.6 Å². The van der Waals surface area contributed by atoms with Crippen LogP contribution in [0.3, 0.4) is 0 Å². The number of carboxylic acid groups (broad SMARTS) is 2. The zero-order valence-electron chi connectivity index (χ0n) is 8.75. The first kappa shape index (κ1) is 23.8. The molecule has 0 aromatic rings. The smallest absolute Gasteiger partial charge is 0.542 e. The number of carboxylic acids is 2. The van der Waals surface area contributed by atoms with E-state index in [9.17, 15) is 29.4 Å². The van der Waals surface area contributed by atoms with Crippen molar-refractivity contribution in [3.8, 4) is 6.07 Å². The molecule has 0 saturated heterocycles. The van der Waals surface area contributed by atoms with Crippen molar-refractivity contribution in [2.75, 3.05) is 0 Å². The third kappa shape index (κ3) is 39.6. The predicted octanol–water partition coefficient (Wildman–Crippen LogP) is -2.82. The van der Waals surface area contributed by atoms with E-state index in [1.807, 2.05) is 0 Å². The van der Waals surface area contributed by atoms with Gasteiger partial charge in [-0.05, 0) is 0 Å². The van der Waals surface area contributed by atoms with Gasteiger partial charge in [0.25, 0.3) is 0 Å². The van der Waals surface area contributed by atoms with Gasteiger partial charge >= 0.3 is 17.1 Å². The molecule has 0 saturated carbocycles. The fourth-order valence-corrected chi connectivity index (χ4v) is 0. The Morgan fingerprint density at radius 3 is 1.00 bits per heavy atom. The molecular weight excluding hydrogens is 262 g/mol. The summed E-state index contributed by atoms with van der Waals surface area (Å²) in [6.45, 7) is 3.31. The summed E-state index contributed by atoms with van der Waals surface area (Å²) in [6.07, 6.45) is 0. The van der Waals surface area contributed by atoms with E-state index in [2.05, 4.69) is 0 Å². The first-order valence-electron chi connectivity index (χ1n) is 3.45. The Hall–Kier alpha value is -1.71. The zero-order chi connectivity index (χ0) is 13.0. The monoisotopic (exact) mass is 271 g/mol. The zero-order valence-corrected chi connectivity index (χ0v) is 9.85. The van der Waals surface area contributed by atoms with E-state index in [4.69, 9.17) is 5.26 Å². The summed E-state index contributed by atoms with van der Waals surface area (Å²) < 4.78 is 0. The number of nitrogens with zero attached hydrogens (tertiary/aromatic N) is 1. The van der Waals surface area contributed by atoms with E-state index < -0.39 is 23.5 Å². The summed E-state index contributed by atoms with van der Waals surface area (Å²) in [5.41, 5.74) is 0. The van der Waals surface area contributed by atoms with Crippen molar-refractivity contribution < 1.29 is 46.5 Å². The second-order valence-corrected chi connectivity index (χ2v) is 1.91. The van der Waals surface area contributed by atoms with E-state index in [1.54, 1.807) is 6.07 Å². The molecule has 0 spiro atoms. The van der Waals surface area contributed by atoms with Crippen LogP contribution < -0.4 is 10.2 Å². The Balaban J connectivity index is -0.0000000692. The maximum atomic E-state index is 9.48. The van der Waals surface area contributed by atoms with E-state index in [0.29, 0.717) is 0 Å². The minimum Gasteiger partial charge on any atom is -0.542 e. The van der Waals surface area contributed by atoms with Crippen LogP contribution in [0.15, 0.2) is 0 Å². The average Bonchev–Trinajstić information content (AvgIpc) is 2.06. The van der Waals surface area contributed by atoms with Crippen LogP contribution >= 0.6 is 0 Å². The van der Waals surface area contributed by atoms with Crippen molar-refractivity contribution >= 4 is 23.5 Å². The molecule has 0 aliphatic rings. The molecule has 0 unspecified atom stereocenters. The van der Waals surface area contributed by atoms with Gasteiger partial charge in [0.05, 0.1) is 6.07 Å². The molecule has 0 aliphatic carbocycles. The number of rotatable bonds is 2. The largest absolute Gasteiger partial charge is 2.00 e. The van der Waals surface area contributed by atoms with E-state index in [-0.39, 0.29) is 17.1 Å². The minimum absolute atomic E-state index is 0. The molecule has 0 atom stereocenters. The Bertz CT molecular complexity index is 245. The van der Waals surface area contributed by atoms with Crippen LogP contribution in [0.4, 0.5) is 0 Å². The number of ketones is 2. The Morgan fingerprint density at radius 2 is 1.00 bits per heavy atom. The maximum Gasteiger partial charge on any atom is 2.00 e. The van der Waals surface area contributed by atoms with Gasteiger partial charge in [-0.2, -0.15) is 5.26 Å². The number of carbonyl (C=O) groups excluding carboxylic acids is 4. The molecule has 90 valence electrons. The van der Waals surface area contributed by atoms with Crippen LogP contribution in [0.5, 0.6) is 0 Å². The fourth-order valence-electron chi connectivity index (χ4n) is 0. The van der Waals surface area contributed by atoms with Gasteiger partial charge in [-0.3, -0.25) is 9.59 Å². The molecule has 0 amide bonds. The number of hydrogen-bond donors (Lipinski definition) is 0. The van der Waals surface area contributed by atoms with Crippen LogP contribution in [0, 0.1) is 11.3 Å². The van der Waals surface area contributed by atoms with Gasteiger partial charge in [0, 0.05) is 20.8 Å². The molecular formula is C8H9FeNO6. The molecule has 0 aromatic heterocycles. The Labute approximate surface area is 103 Å². The van der Waals surface area contributed by atoms with Crippen LogP contribution in [0.25, 0.3) is 0 Å². The number of nitriles is 1. The average molecular weight is 271 g/mol. The van der Waals surface area contributed by atoms with Crippen LogP contribution in [0.1, 0.15) is 20.8 Å².